The van der Waals surface area contributed by atoms with Gasteiger partial charge in [0.1, 0.15) is 11.5 Å². The minimum atomic E-state index is -0.132. The summed E-state index contributed by atoms with van der Waals surface area (Å²) in [6, 6.07) is 28.1. The van der Waals surface area contributed by atoms with E-state index in [1.54, 1.807) is 0 Å². The van der Waals surface area contributed by atoms with Crippen LogP contribution in [0.25, 0.3) is 0 Å². The van der Waals surface area contributed by atoms with E-state index in [1.807, 2.05) is 74.5 Å². The Balaban J connectivity index is 0.000000926. The van der Waals surface area contributed by atoms with Crippen molar-refractivity contribution in [2.45, 2.75) is 119 Å². The fraction of sp³-hybridized carbons (Fsp3) is 0.409. The summed E-state index contributed by atoms with van der Waals surface area (Å²) in [4.78, 5) is 9.39. The molecule has 0 saturated heterocycles. The van der Waals surface area contributed by atoms with Crippen LogP contribution >= 0.6 is 24.8 Å². The van der Waals surface area contributed by atoms with Crippen LogP contribution in [0.4, 0.5) is 11.4 Å². The molecule has 0 heterocycles. The molecule has 0 radical (unpaired) electrons. The number of nitrogens with zero attached hydrogens (tertiary/aromatic N) is 2. The molecule has 4 aromatic rings. The monoisotopic (exact) mass is 766 g/mol. The number of phenols is 2. The van der Waals surface area contributed by atoms with Crippen LogP contribution in [0.1, 0.15) is 130 Å². The van der Waals surface area contributed by atoms with E-state index in [0.29, 0.717) is 11.5 Å². The van der Waals surface area contributed by atoms with Crippen molar-refractivity contribution in [2.75, 3.05) is 0 Å². The van der Waals surface area contributed by atoms with Gasteiger partial charge in [0, 0.05) is 55.4 Å². The summed E-state index contributed by atoms with van der Waals surface area (Å²) in [6.45, 7) is 29.8. The molecular formula is C44H60Cl2N2O2Ti. The maximum Gasteiger partial charge on any atom is 0.128 e. The summed E-state index contributed by atoms with van der Waals surface area (Å²) in [7, 11) is 0. The van der Waals surface area contributed by atoms with E-state index in [4.69, 9.17) is 9.98 Å². The number of hydrogen-bond acceptors (Lipinski definition) is 4. The Labute approximate surface area is 336 Å². The van der Waals surface area contributed by atoms with Gasteiger partial charge in [-0.3, -0.25) is 9.98 Å². The Kier molecular flexibility index (Phi) is 17.7. The van der Waals surface area contributed by atoms with E-state index in [-0.39, 0.29) is 68.2 Å². The molecule has 0 atom stereocenters. The van der Waals surface area contributed by atoms with Gasteiger partial charge < -0.3 is 10.2 Å². The second-order valence-electron chi connectivity index (χ2n) is 16.9. The van der Waals surface area contributed by atoms with Gasteiger partial charge in [0.15, 0.2) is 0 Å². The molecule has 0 aromatic heterocycles. The summed E-state index contributed by atoms with van der Waals surface area (Å²) in [5.41, 5.74) is 9.19. The van der Waals surface area contributed by atoms with E-state index in [0.717, 1.165) is 45.1 Å². The third-order valence-corrected chi connectivity index (χ3v) is 8.45. The van der Waals surface area contributed by atoms with Crippen molar-refractivity contribution in [1.29, 1.82) is 0 Å². The first-order valence-electron chi connectivity index (χ1n) is 17.0. The largest absolute Gasteiger partial charge is 0.507 e. The molecular weight excluding hydrogens is 707 g/mol. The van der Waals surface area contributed by atoms with Crippen LogP contribution in [0.15, 0.2) is 94.9 Å². The van der Waals surface area contributed by atoms with Crippen LogP contribution in [0, 0.1) is 0 Å². The van der Waals surface area contributed by atoms with Gasteiger partial charge >= 0.3 is 0 Å². The molecule has 0 aliphatic heterocycles. The Morgan fingerprint density at radius 2 is 0.725 bits per heavy atom. The third kappa shape index (κ3) is 13.2. The number of hydrogen-bond donors (Lipinski definition) is 2. The molecule has 276 valence electrons. The zero-order chi connectivity index (χ0) is 36.2. The first-order chi connectivity index (χ1) is 22.0. The normalized spacial score (nSPS) is 12.4. The van der Waals surface area contributed by atoms with Gasteiger partial charge in [-0.25, -0.2) is 0 Å². The Bertz CT molecular complexity index is 1640. The predicted octanol–water partition coefficient (Wildman–Crippen LogP) is 13.1. The van der Waals surface area contributed by atoms with Crippen molar-refractivity contribution in [2.24, 2.45) is 9.98 Å². The number of para-hydroxylation sites is 2. The zero-order valence-electron chi connectivity index (χ0n) is 33.2. The predicted molar refractivity (Wildman–Crippen MR) is 222 cm³/mol. The first-order valence-corrected chi connectivity index (χ1v) is 17.0. The molecule has 0 saturated carbocycles. The number of benzene rings is 4. The van der Waals surface area contributed by atoms with Crippen molar-refractivity contribution in [1.82, 2.24) is 0 Å². The second-order valence-corrected chi connectivity index (χ2v) is 16.9. The van der Waals surface area contributed by atoms with Crippen LogP contribution in [-0.4, -0.2) is 21.6 Å². The molecule has 51 heavy (non-hydrogen) atoms. The summed E-state index contributed by atoms with van der Waals surface area (Å²) in [6.07, 6.45) is 0. The number of halogens is 2. The molecule has 2 N–H and O–H groups in total. The van der Waals surface area contributed by atoms with Crippen LogP contribution in [0.3, 0.4) is 0 Å². The van der Waals surface area contributed by atoms with Crippen molar-refractivity contribution in [3.63, 3.8) is 0 Å². The maximum absolute atomic E-state index is 10.9. The fourth-order valence-corrected chi connectivity index (χ4v) is 5.34. The molecule has 0 aliphatic carbocycles. The van der Waals surface area contributed by atoms with E-state index in [1.165, 1.54) is 11.1 Å². The molecule has 0 spiro atoms. The minimum Gasteiger partial charge on any atom is -0.507 e. The van der Waals surface area contributed by atoms with Gasteiger partial charge in [-0.2, -0.15) is 0 Å². The zero-order valence-corrected chi connectivity index (χ0v) is 36.4. The topological polar surface area (TPSA) is 65.2 Å². The number of aromatic hydroxyl groups is 2. The fourth-order valence-electron chi connectivity index (χ4n) is 5.34. The molecule has 0 amide bonds. The summed E-state index contributed by atoms with van der Waals surface area (Å²) in [5, 5.41) is 21.8. The van der Waals surface area contributed by atoms with Crippen LogP contribution in [0.5, 0.6) is 11.5 Å². The van der Waals surface area contributed by atoms with Gasteiger partial charge in [0.25, 0.3) is 0 Å². The van der Waals surface area contributed by atoms with Crippen LogP contribution < -0.4 is 0 Å². The number of aliphatic imine (C=N–C) groups is 2. The molecule has 7 heteroatoms. The summed E-state index contributed by atoms with van der Waals surface area (Å²) >= 11 is 0. The quantitative estimate of drug-likeness (QED) is 0.160. The van der Waals surface area contributed by atoms with Gasteiger partial charge in [-0.05, 0) is 83.0 Å². The van der Waals surface area contributed by atoms with Crippen LogP contribution in [0.2, 0.25) is 0 Å². The van der Waals surface area contributed by atoms with Gasteiger partial charge in [0.2, 0.25) is 0 Å². The average molecular weight is 768 g/mol. The van der Waals surface area contributed by atoms with Crippen LogP contribution in [-0.2, 0) is 43.4 Å². The molecule has 0 unspecified atom stereocenters. The molecule has 0 aliphatic rings. The average Bonchev–Trinajstić information content (AvgIpc) is 2.96. The second kappa shape index (κ2) is 18.7. The van der Waals surface area contributed by atoms with Gasteiger partial charge in [-0.1, -0.05) is 132 Å². The summed E-state index contributed by atoms with van der Waals surface area (Å²) in [5.74, 6) is 0.681. The Hall–Kier alpha value is -2.89. The number of phenolic OH excluding ortho intramolecular Hbond substituents is 2. The van der Waals surface area contributed by atoms with Crippen molar-refractivity contribution < 1.29 is 31.9 Å². The molecule has 0 fully saturated rings. The van der Waals surface area contributed by atoms with E-state index < -0.39 is 0 Å². The van der Waals surface area contributed by atoms with Crippen molar-refractivity contribution >= 4 is 47.6 Å². The van der Waals surface area contributed by atoms with E-state index in [2.05, 4.69) is 107 Å². The minimum absolute atomic E-state index is 0. The molecule has 4 rings (SSSR count). The molecule has 0 bridgehead atoms. The Morgan fingerprint density at radius 3 is 0.961 bits per heavy atom. The van der Waals surface area contributed by atoms with Crippen molar-refractivity contribution in [3.05, 3.63) is 118 Å². The first kappa shape index (κ1) is 48.1. The van der Waals surface area contributed by atoms with Crippen molar-refractivity contribution in [3.8, 4) is 11.5 Å². The van der Waals surface area contributed by atoms with E-state index >= 15 is 0 Å². The van der Waals surface area contributed by atoms with E-state index in [9.17, 15) is 10.2 Å². The summed E-state index contributed by atoms with van der Waals surface area (Å²) < 4.78 is 0. The van der Waals surface area contributed by atoms with Gasteiger partial charge in [-0.15, -0.1) is 24.8 Å². The van der Waals surface area contributed by atoms with Gasteiger partial charge in [0.05, 0.1) is 11.4 Å². The molecule has 4 nitrogen and oxygen atoms in total. The SMILES string of the molecule is CC(=Nc1ccccc1)c1cc(C(C)(C)C)cc(C(C)(C)C)c1O.CC(=Nc1ccccc1)c1cc(C(C)(C)C)cc(C(C)(C)C)c1O.Cl.Cl.[Ti]. The maximum atomic E-state index is 10.9. The standard InChI is InChI=1S/2C22H29NO.2ClH.Ti/c2*1-15(23-17-11-9-8-10-12-17)18-13-16(21(2,3)4)14-19(20(18)24)22(5,6)7;;;/h2*8-14,24H,1-7H3;2*1H;. The smallest absolute Gasteiger partial charge is 0.128 e. The number of rotatable bonds is 4. The Morgan fingerprint density at radius 1 is 0.451 bits per heavy atom. The molecule has 4 aromatic carbocycles. The third-order valence-electron chi connectivity index (χ3n) is 8.45.